The van der Waals surface area contributed by atoms with Crippen molar-refractivity contribution in [3.05, 3.63) is 52.5 Å². The van der Waals surface area contributed by atoms with E-state index in [9.17, 15) is 9.90 Å². The smallest absolute Gasteiger partial charge is 0.337 e. The molecule has 1 N–H and O–H groups in total. The highest BCUT2D eigenvalue weighted by atomic mass is 32.1. The van der Waals surface area contributed by atoms with Gasteiger partial charge in [0.05, 0.1) is 17.4 Å². The van der Waals surface area contributed by atoms with Crippen molar-refractivity contribution in [1.82, 2.24) is 9.55 Å². The second-order valence-corrected chi connectivity index (χ2v) is 6.66. The number of rotatable bonds is 4. The maximum Gasteiger partial charge on any atom is 0.337 e. The second kappa shape index (κ2) is 5.00. The molecule has 1 aromatic carbocycles. The molecule has 0 radical (unpaired) electrons. The topological polar surface area (TPSA) is 55.1 Å². The lowest BCUT2D eigenvalue weighted by molar-refractivity contribution is 0.0699. The van der Waals surface area contributed by atoms with Crippen molar-refractivity contribution in [2.75, 3.05) is 0 Å². The van der Waals surface area contributed by atoms with Crippen molar-refractivity contribution >= 4 is 28.3 Å². The van der Waals surface area contributed by atoms with Crippen molar-refractivity contribution in [1.29, 1.82) is 0 Å². The Morgan fingerprint density at radius 3 is 2.81 bits per heavy atom. The van der Waals surface area contributed by atoms with E-state index >= 15 is 0 Å². The first-order valence-corrected chi connectivity index (χ1v) is 7.58. The molecule has 0 amide bonds. The van der Waals surface area contributed by atoms with Crippen molar-refractivity contribution in [2.45, 2.75) is 25.8 Å². The maximum atomic E-state index is 11.2. The summed E-state index contributed by atoms with van der Waals surface area (Å²) < 4.78 is 2.03. The van der Waals surface area contributed by atoms with Gasteiger partial charge in [0.25, 0.3) is 0 Å². The lowest BCUT2D eigenvalue weighted by Gasteiger charge is -2.24. The van der Waals surface area contributed by atoms with E-state index in [0.717, 1.165) is 12.1 Å². The number of fused-ring (bicyclic) bond motifs is 1. The van der Waals surface area contributed by atoms with Gasteiger partial charge in [0, 0.05) is 16.8 Å². The standard InChI is InChI=1S/C16H16N2O2S/c1-16(2,13-7-4-8-21-13)9-18-10-17-14-11(15(19)20)5-3-6-12(14)18/h3-8,10H,9H2,1-2H3,(H,19,20). The fourth-order valence-corrected chi connectivity index (χ4v) is 3.40. The molecule has 0 atom stereocenters. The molecule has 5 heteroatoms. The minimum Gasteiger partial charge on any atom is -0.478 e. The highest BCUT2D eigenvalue weighted by Crippen LogP contribution is 2.30. The zero-order valence-corrected chi connectivity index (χ0v) is 12.7. The van der Waals surface area contributed by atoms with E-state index in [4.69, 9.17) is 0 Å². The van der Waals surface area contributed by atoms with Crippen molar-refractivity contribution in [3.8, 4) is 0 Å². The molecule has 3 aromatic rings. The van der Waals surface area contributed by atoms with Gasteiger partial charge in [-0.05, 0) is 23.6 Å². The van der Waals surface area contributed by atoms with Gasteiger partial charge in [-0.15, -0.1) is 11.3 Å². The number of nitrogens with zero attached hydrogens (tertiary/aromatic N) is 2. The van der Waals surface area contributed by atoms with E-state index in [2.05, 4.69) is 36.3 Å². The van der Waals surface area contributed by atoms with Crippen LogP contribution in [0.15, 0.2) is 42.0 Å². The predicted octanol–water partition coefficient (Wildman–Crippen LogP) is 3.77. The fraction of sp³-hybridized carbons (Fsp3) is 0.250. The summed E-state index contributed by atoms with van der Waals surface area (Å²) in [4.78, 5) is 16.8. The van der Waals surface area contributed by atoms with Crippen molar-refractivity contribution in [2.24, 2.45) is 0 Å². The summed E-state index contributed by atoms with van der Waals surface area (Å²) >= 11 is 1.74. The number of carbonyl (C=O) groups is 1. The SMILES string of the molecule is CC(C)(Cn1cnc2c(C(=O)O)cccc21)c1cccs1. The van der Waals surface area contributed by atoms with E-state index in [1.54, 1.807) is 29.8 Å². The van der Waals surface area contributed by atoms with Gasteiger partial charge in [-0.25, -0.2) is 9.78 Å². The lowest BCUT2D eigenvalue weighted by atomic mass is 9.91. The number of thiophene rings is 1. The van der Waals surface area contributed by atoms with E-state index in [1.165, 1.54) is 4.88 Å². The van der Waals surface area contributed by atoms with Crippen LogP contribution >= 0.6 is 11.3 Å². The third kappa shape index (κ3) is 2.45. The zero-order chi connectivity index (χ0) is 15.0. The minimum absolute atomic E-state index is 0.0268. The van der Waals surface area contributed by atoms with Gasteiger partial charge < -0.3 is 9.67 Å². The molecule has 108 valence electrons. The number of carboxylic acid groups (broad SMARTS) is 1. The fourth-order valence-electron chi connectivity index (χ4n) is 2.55. The first kappa shape index (κ1) is 13.8. The molecule has 4 nitrogen and oxygen atoms in total. The number of aromatic carboxylic acids is 1. The largest absolute Gasteiger partial charge is 0.478 e. The van der Waals surface area contributed by atoms with E-state index in [0.29, 0.717) is 5.52 Å². The van der Waals surface area contributed by atoms with Gasteiger partial charge >= 0.3 is 5.97 Å². The Balaban J connectivity index is 2.03. The molecule has 0 bridgehead atoms. The molecule has 0 aliphatic carbocycles. The molecule has 2 aromatic heterocycles. The van der Waals surface area contributed by atoms with Gasteiger partial charge in [-0.3, -0.25) is 0 Å². The van der Waals surface area contributed by atoms with Gasteiger partial charge in [-0.1, -0.05) is 26.0 Å². The summed E-state index contributed by atoms with van der Waals surface area (Å²) in [5, 5.41) is 11.3. The van der Waals surface area contributed by atoms with Crippen LogP contribution in [0.3, 0.4) is 0 Å². The van der Waals surface area contributed by atoms with Crippen LogP contribution in [0, 0.1) is 0 Å². The molecule has 0 saturated carbocycles. The Labute approximate surface area is 126 Å². The molecular formula is C16H16N2O2S. The summed E-state index contributed by atoms with van der Waals surface area (Å²) in [6.07, 6.45) is 1.73. The van der Waals surface area contributed by atoms with Gasteiger partial charge in [-0.2, -0.15) is 0 Å². The monoisotopic (exact) mass is 300 g/mol. The molecule has 0 aliphatic rings. The normalized spacial score (nSPS) is 11.9. The van der Waals surface area contributed by atoms with Gasteiger partial charge in [0.15, 0.2) is 0 Å². The van der Waals surface area contributed by atoms with E-state index < -0.39 is 5.97 Å². The highest BCUT2D eigenvalue weighted by molar-refractivity contribution is 7.10. The number of hydrogen-bond donors (Lipinski definition) is 1. The molecular weight excluding hydrogens is 284 g/mol. The lowest BCUT2D eigenvalue weighted by Crippen LogP contribution is -2.22. The molecule has 0 unspecified atom stereocenters. The molecule has 0 spiro atoms. The number of aromatic nitrogens is 2. The average molecular weight is 300 g/mol. The third-order valence-corrected chi connectivity index (χ3v) is 4.87. The molecule has 21 heavy (non-hydrogen) atoms. The quantitative estimate of drug-likeness (QED) is 0.798. The summed E-state index contributed by atoms with van der Waals surface area (Å²) in [5.41, 5.74) is 1.63. The predicted molar refractivity (Wildman–Crippen MR) is 84.0 cm³/mol. The highest BCUT2D eigenvalue weighted by Gasteiger charge is 2.23. The zero-order valence-electron chi connectivity index (χ0n) is 11.9. The van der Waals surface area contributed by atoms with Crippen molar-refractivity contribution in [3.63, 3.8) is 0 Å². The van der Waals surface area contributed by atoms with Crippen LogP contribution in [-0.2, 0) is 12.0 Å². The summed E-state index contributed by atoms with van der Waals surface area (Å²) in [5.74, 6) is -0.941. The van der Waals surface area contributed by atoms with Crippen molar-refractivity contribution < 1.29 is 9.90 Å². The van der Waals surface area contributed by atoms with E-state index in [1.807, 2.05) is 10.6 Å². The number of hydrogen-bond acceptors (Lipinski definition) is 3. The Bertz CT molecular complexity index is 788. The first-order valence-electron chi connectivity index (χ1n) is 6.70. The molecule has 3 rings (SSSR count). The van der Waals surface area contributed by atoms with Crippen LogP contribution in [-0.4, -0.2) is 20.6 Å². The van der Waals surface area contributed by atoms with Crippen LogP contribution in [0.1, 0.15) is 29.1 Å². The molecule has 2 heterocycles. The summed E-state index contributed by atoms with van der Waals surface area (Å²) in [7, 11) is 0. The van der Waals surface area contributed by atoms with Gasteiger partial charge in [0.1, 0.15) is 5.52 Å². The maximum absolute atomic E-state index is 11.2. The van der Waals surface area contributed by atoms with Crippen LogP contribution < -0.4 is 0 Å². The van der Waals surface area contributed by atoms with Crippen LogP contribution in [0.5, 0.6) is 0 Å². The average Bonchev–Trinajstić information content (AvgIpc) is 3.08. The Hall–Kier alpha value is -2.14. The Kier molecular flexibility index (Phi) is 3.29. The molecule has 0 aliphatic heterocycles. The number of carboxylic acids is 1. The molecule has 0 saturated heterocycles. The van der Waals surface area contributed by atoms with E-state index in [-0.39, 0.29) is 11.0 Å². The van der Waals surface area contributed by atoms with Crippen LogP contribution in [0.2, 0.25) is 0 Å². The molecule has 0 fully saturated rings. The van der Waals surface area contributed by atoms with Crippen LogP contribution in [0.4, 0.5) is 0 Å². The third-order valence-electron chi connectivity index (χ3n) is 3.63. The number of imidazole rings is 1. The number of para-hydroxylation sites is 1. The summed E-state index contributed by atoms with van der Waals surface area (Å²) in [6.45, 7) is 5.13. The Morgan fingerprint density at radius 1 is 1.33 bits per heavy atom. The Morgan fingerprint density at radius 2 is 2.14 bits per heavy atom. The van der Waals surface area contributed by atoms with Gasteiger partial charge in [0.2, 0.25) is 0 Å². The second-order valence-electron chi connectivity index (χ2n) is 5.71. The minimum atomic E-state index is -0.941. The van der Waals surface area contributed by atoms with Crippen LogP contribution in [0.25, 0.3) is 11.0 Å². The first-order chi connectivity index (χ1) is 9.99. The number of benzene rings is 1. The summed E-state index contributed by atoms with van der Waals surface area (Å²) in [6, 6.07) is 9.45.